The molecule has 4 N–H and O–H groups in total. The Bertz CT molecular complexity index is 1230. The van der Waals surface area contributed by atoms with Crippen molar-refractivity contribution in [2.45, 2.75) is 32.4 Å². The maximum absolute atomic E-state index is 14.7. The summed E-state index contributed by atoms with van der Waals surface area (Å²) in [4.78, 5) is 26.8. The van der Waals surface area contributed by atoms with E-state index in [-0.39, 0.29) is 18.2 Å². The molecule has 188 valence electrons. The minimum Gasteiger partial charge on any atom is -0.450 e. The first-order valence-corrected chi connectivity index (χ1v) is 15.2. The number of pyridine rings is 1. The average molecular weight is 570 g/mol. The second-order valence-corrected chi connectivity index (χ2v) is 15.4. The van der Waals surface area contributed by atoms with Crippen molar-refractivity contribution >= 4 is 52.7 Å². The van der Waals surface area contributed by atoms with Gasteiger partial charge < -0.3 is 30.4 Å². The van der Waals surface area contributed by atoms with Crippen molar-refractivity contribution in [1.82, 2.24) is 14.9 Å². The Morgan fingerprint density at radius 2 is 1.91 bits per heavy atom. The van der Waals surface area contributed by atoms with E-state index in [1.54, 1.807) is 10.8 Å². The van der Waals surface area contributed by atoms with E-state index in [1.807, 2.05) is 0 Å². The summed E-state index contributed by atoms with van der Waals surface area (Å²) in [6.45, 7) is 7.27. The number of halogens is 3. The first kappa shape index (κ1) is 26.6. The molecule has 0 saturated heterocycles. The molecule has 0 aliphatic carbocycles. The van der Waals surface area contributed by atoms with E-state index in [4.69, 9.17) is 15.2 Å². The van der Waals surface area contributed by atoms with Gasteiger partial charge in [-0.25, -0.2) is 18.6 Å². The van der Waals surface area contributed by atoms with Crippen LogP contribution in [0.25, 0.3) is 11.0 Å². The first-order chi connectivity index (χ1) is 16.4. The highest BCUT2D eigenvalue weighted by Gasteiger charge is 2.19. The molecule has 0 atom stereocenters. The molecule has 0 fully saturated rings. The highest BCUT2D eigenvalue weighted by molar-refractivity contribution is 9.10. The molecule has 2 heterocycles. The van der Waals surface area contributed by atoms with E-state index in [2.05, 4.69) is 51.2 Å². The standard InChI is InChI=1S/C22H26BrF2N5O4Si/c1-35(2,3)7-6-33-12-30-11-14(23)19-17(4-5-27-21(19)30)34-20-15(24)8-13(9-16(20)25)29-22(32)28-10-18(26)31/h4-5,8-9,11H,6-7,10,12H2,1-3H3,(H2,26,31)(H2,28,29,32). The molecule has 3 rings (SSSR count). The Balaban J connectivity index is 1.78. The SMILES string of the molecule is C[Si](C)(C)CCOCn1cc(Br)c2c(Oc3c(F)cc(NC(=O)NCC(N)=O)cc3F)ccnc21. The quantitative estimate of drug-likeness (QED) is 0.239. The third kappa shape index (κ3) is 7.23. The molecule has 3 aromatic rings. The van der Waals surface area contributed by atoms with E-state index < -0.39 is 43.9 Å². The van der Waals surface area contributed by atoms with Gasteiger partial charge in [0.15, 0.2) is 17.4 Å². The summed E-state index contributed by atoms with van der Waals surface area (Å²) in [6.07, 6.45) is 3.24. The highest BCUT2D eigenvalue weighted by atomic mass is 79.9. The lowest BCUT2D eigenvalue weighted by Crippen LogP contribution is -2.36. The Labute approximate surface area is 210 Å². The van der Waals surface area contributed by atoms with Crippen molar-refractivity contribution in [3.05, 3.63) is 46.7 Å². The van der Waals surface area contributed by atoms with Crippen LogP contribution in [0.4, 0.5) is 19.3 Å². The van der Waals surface area contributed by atoms with Crippen LogP contribution >= 0.6 is 15.9 Å². The summed E-state index contributed by atoms with van der Waals surface area (Å²) in [5, 5.41) is 4.90. The van der Waals surface area contributed by atoms with Gasteiger partial charge >= 0.3 is 6.03 Å². The molecular formula is C22H26BrF2N5O4Si. The normalized spacial score (nSPS) is 11.5. The second-order valence-electron chi connectivity index (χ2n) is 8.95. The van der Waals surface area contributed by atoms with Crippen LogP contribution in [0.2, 0.25) is 25.7 Å². The molecule has 2 aromatic heterocycles. The minimum atomic E-state index is -1.22. The Morgan fingerprint density at radius 3 is 2.54 bits per heavy atom. The number of carbonyl (C=O) groups excluding carboxylic acids is 2. The van der Waals surface area contributed by atoms with Crippen molar-refractivity contribution in [1.29, 1.82) is 0 Å². The number of rotatable bonds is 10. The summed E-state index contributed by atoms with van der Waals surface area (Å²) in [5.74, 6) is -3.30. The van der Waals surface area contributed by atoms with Gasteiger partial charge in [-0.1, -0.05) is 19.6 Å². The van der Waals surface area contributed by atoms with Gasteiger partial charge in [0.05, 0.1) is 11.9 Å². The molecule has 35 heavy (non-hydrogen) atoms. The number of hydrogen-bond acceptors (Lipinski definition) is 5. The number of carbonyl (C=O) groups is 2. The topological polar surface area (TPSA) is 120 Å². The zero-order valence-electron chi connectivity index (χ0n) is 19.5. The lowest BCUT2D eigenvalue weighted by molar-refractivity contribution is -0.117. The number of primary amides is 1. The molecular weight excluding hydrogens is 544 g/mol. The van der Waals surface area contributed by atoms with Crippen LogP contribution in [0.1, 0.15) is 0 Å². The van der Waals surface area contributed by atoms with Gasteiger partial charge in [0.2, 0.25) is 5.91 Å². The summed E-state index contributed by atoms with van der Waals surface area (Å²) in [6, 6.07) is 3.46. The van der Waals surface area contributed by atoms with Gasteiger partial charge in [-0.15, -0.1) is 0 Å². The Kier molecular flexibility index (Phi) is 8.46. The van der Waals surface area contributed by atoms with Crippen LogP contribution in [-0.2, 0) is 16.3 Å². The number of nitrogens with one attached hydrogen (secondary N) is 2. The summed E-state index contributed by atoms with van der Waals surface area (Å²) in [7, 11) is -1.22. The molecule has 1 aromatic carbocycles. The van der Waals surface area contributed by atoms with Crippen molar-refractivity contribution in [2.75, 3.05) is 18.5 Å². The smallest absolute Gasteiger partial charge is 0.319 e. The molecule has 3 amide bonds. The van der Waals surface area contributed by atoms with E-state index in [9.17, 15) is 18.4 Å². The van der Waals surface area contributed by atoms with Crippen LogP contribution in [0.5, 0.6) is 11.5 Å². The molecule has 13 heteroatoms. The van der Waals surface area contributed by atoms with Crippen LogP contribution in [0, 0.1) is 11.6 Å². The molecule has 9 nitrogen and oxygen atoms in total. The lowest BCUT2D eigenvalue weighted by Gasteiger charge is -2.15. The third-order valence-electron chi connectivity index (χ3n) is 4.79. The van der Waals surface area contributed by atoms with Gasteiger partial charge in [0.25, 0.3) is 0 Å². The van der Waals surface area contributed by atoms with Gasteiger partial charge in [0.1, 0.15) is 18.1 Å². The fourth-order valence-electron chi connectivity index (χ4n) is 3.05. The number of nitrogens with zero attached hydrogens (tertiary/aromatic N) is 2. The molecule has 0 aliphatic heterocycles. The van der Waals surface area contributed by atoms with Gasteiger partial charge in [-0.3, -0.25) is 4.79 Å². The second kappa shape index (κ2) is 11.1. The first-order valence-electron chi connectivity index (χ1n) is 10.7. The van der Waals surface area contributed by atoms with Crippen molar-refractivity contribution in [2.24, 2.45) is 5.73 Å². The number of anilines is 1. The van der Waals surface area contributed by atoms with Crippen LogP contribution in [0.15, 0.2) is 35.1 Å². The summed E-state index contributed by atoms with van der Waals surface area (Å²) < 4.78 is 43.2. The number of urea groups is 1. The van der Waals surface area contributed by atoms with Crippen LogP contribution in [-0.4, -0.2) is 42.7 Å². The molecule has 0 spiro atoms. The number of benzene rings is 1. The molecule has 0 aliphatic rings. The van der Waals surface area contributed by atoms with Gasteiger partial charge in [-0.05, 0) is 28.0 Å². The van der Waals surface area contributed by atoms with E-state index in [0.717, 1.165) is 18.2 Å². The number of hydrogen-bond donors (Lipinski definition) is 3. The largest absolute Gasteiger partial charge is 0.450 e. The minimum absolute atomic E-state index is 0.169. The van der Waals surface area contributed by atoms with Gasteiger partial charge in [-0.2, -0.15) is 0 Å². The lowest BCUT2D eigenvalue weighted by atomic mass is 10.2. The predicted octanol–water partition coefficient (Wildman–Crippen LogP) is 4.79. The van der Waals surface area contributed by atoms with E-state index in [0.29, 0.717) is 22.1 Å². The fraction of sp³-hybridized carbons (Fsp3) is 0.318. The summed E-state index contributed by atoms with van der Waals surface area (Å²) in [5.41, 5.74) is 5.29. The predicted molar refractivity (Wildman–Crippen MR) is 134 cm³/mol. The highest BCUT2D eigenvalue weighted by Crippen LogP contribution is 2.37. The number of nitrogens with two attached hydrogens (primary N) is 1. The zero-order chi connectivity index (χ0) is 25.8. The monoisotopic (exact) mass is 569 g/mol. The van der Waals surface area contributed by atoms with Crippen molar-refractivity contribution in [3.63, 3.8) is 0 Å². The Hall–Kier alpha value is -3.03. The zero-order valence-corrected chi connectivity index (χ0v) is 22.0. The van der Waals surface area contributed by atoms with Crippen molar-refractivity contribution in [3.8, 4) is 11.5 Å². The molecule has 0 saturated carbocycles. The van der Waals surface area contributed by atoms with Gasteiger partial charge in [0, 0.05) is 49.4 Å². The molecule has 0 bridgehead atoms. The third-order valence-corrected chi connectivity index (χ3v) is 7.10. The number of amides is 3. The molecule has 0 radical (unpaired) electrons. The van der Waals surface area contributed by atoms with Crippen LogP contribution in [0.3, 0.4) is 0 Å². The number of ether oxygens (including phenoxy) is 2. The number of aromatic nitrogens is 2. The maximum Gasteiger partial charge on any atom is 0.319 e. The number of fused-ring (bicyclic) bond motifs is 1. The maximum atomic E-state index is 14.7. The molecule has 0 unspecified atom stereocenters. The Morgan fingerprint density at radius 1 is 1.23 bits per heavy atom. The summed E-state index contributed by atoms with van der Waals surface area (Å²) >= 11 is 3.46. The average Bonchev–Trinajstić information content (AvgIpc) is 3.08. The van der Waals surface area contributed by atoms with Crippen LogP contribution < -0.4 is 21.1 Å². The van der Waals surface area contributed by atoms with E-state index >= 15 is 0 Å². The van der Waals surface area contributed by atoms with E-state index in [1.165, 1.54) is 12.3 Å². The fourth-order valence-corrected chi connectivity index (χ4v) is 4.42. The van der Waals surface area contributed by atoms with Crippen molar-refractivity contribution < 1.29 is 27.8 Å².